The molecule has 0 fully saturated rings. The number of halogens is 1. The highest BCUT2D eigenvalue weighted by Crippen LogP contribution is 2.28. The van der Waals surface area contributed by atoms with Crippen LogP contribution in [-0.2, 0) is 22.4 Å². The molecule has 1 N–H and O–H groups in total. The smallest absolute Gasteiger partial charge is 0.359 e. The Morgan fingerprint density at radius 3 is 2.59 bits per heavy atom. The fourth-order valence-electron chi connectivity index (χ4n) is 3.06. The monoisotopic (exact) mass is 373 g/mol. The van der Waals surface area contributed by atoms with E-state index in [1.165, 1.54) is 12.1 Å². The minimum atomic E-state index is -0.610. The van der Waals surface area contributed by atoms with Crippen LogP contribution in [0.15, 0.2) is 24.3 Å². The molecule has 0 aliphatic heterocycles. The molecule has 0 saturated carbocycles. The number of aromatic nitrogens is 2. The summed E-state index contributed by atoms with van der Waals surface area (Å²) < 4.78 is 20.0. The van der Waals surface area contributed by atoms with Gasteiger partial charge in [0.1, 0.15) is 5.82 Å². The Hall–Kier alpha value is -2.70. The summed E-state index contributed by atoms with van der Waals surface area (Å²) in [6.45, 7) is 5.57. The molecule has 1 amide bonds. The molecule has 3 rings (SSSR count). The fourth-order valence-corrected chi connectivity index (χ4v) is 3.06. The number of nitrogens with one attached hydrogen (secondary N) is 1. The van der Waals surface area contributed by atoms with Crippen molar-refractivity contribution < 1.29 is 18.7 Å². The van der Waals surface area contributed by atoms with Crippen LogP contribution in [0.5, 0.6) is 0 Å². The topological polar surface area (TPSA) is 73.2 Å². The van der Waals surface area contributed by atoms with Gasteiger partial charge in [0.25, 0.3) is 5.91 Å². The molecule has 7 heteroatoms. The molecule has 2 aromatic rings. The Kier molecular flexibility index (Phi) is 5.58. The summed E-state index contributed by atoms with van der Waals surface area (Å²) in [5, 5.41) is 7.18. The van der Waals surface area contributed by atoms with Crippen LogP contribution in [0.2, 0.25) is 0 Å². The molecule has 1 aliphatic rings. The highest BCUT2D eigenvalue weighted by molar-refractivity contribution is 5.91. The van der Waals surface area contributed by atoms with Crippen LogP contribution in [0, 0.1) is 11.7 Å². The summed E-state index contributed by atoms with van der Waals surface area (Å²) in [5.74, 6) is -0.983. The SMILES string of the molecule is CC(C)C(C)NC(=O)COC(=O)c1nn(-c2ccc(F)cc2)c2c1CCC2. The number of hydrogen-bond donors (Lipinski definition) is 1. The van der Waals surface area contributed by atoms with E-state index in [9.17, 15) is 14.0 Å². The first kappa shape index (κ1) is 19.1. The number of nitrogens with zero attached hydrogens (tertiary/aromatic N) is 2. The van der Waals surface area contributed by atoms with Crippen LogP contribution >= 0.6 is 0 Å². The van der Waals surface area contributed by atoms with Crippen LogP contribution < -0.4 is 5.32 Å². The van der Waals surface area contributed by atoms with E-state index in [4.69, 9.17) is 4.74 Å². The lowest BCUT2D eigenvalue weighted by atomic mass is 10.1. The Morgan fingerprint density at radius 2 is 1.93 bits per heavy atom. The van der Waals surface area contributed by atoms with Crippen molar-refractivity contribution in [1.29, 1.82) is 0 Å². The van der Waals surface area contributed by atoms with Crippen molar-refractivity contribution in [1.82, 2.24) is 15.1 Å². The summed E-state index contributed by atoms with van der Waals surface area (Å²) in [6, 6.07) is 5.96. The van der Waals surface area contributed by atoms with E-state index in [2.05, 4.69) is 10.4 Å². The second-order valence-electron chi connectivity index (χ2n) is 7.19. The van der Waals surface area contributed by atoms with Gasteiger partial charge >= 0.3 is 5.97 Å². The van der Waals surface area contributed by atoms with Gasteiger partial charge in [-0.25, -0.2) is 13.9 Å². The van der Waals surface area contributed by atoms with Crippen molar-refractivity contribution in [3.05, 3.63) is 47.0 Å². The van der Waals surface area contributed by atoms with Crippen LogP contribution in [0.4, 0.5) is 4.39 Å². The van der Waals surface area contributed by atoms with Crippen LogP contribution in [0.25, 0.3) is 5.69 Å². The maximum atomic E-state index is 13.2. The Balaban J connectivity index is 1.73. The van der Waals surface area contributed by atoms with Gasteiger partial charge in [-0.3, -0.25) is 4.79 Å². The maximum Gasteiger partial charge on any atom is 0.359 e. The van der Waals surface area contributed by atoms with Gasteiger partial charge in [-0.05, 0) is 56.4 Å². The van der Waals surface area contributed by atoms with E-state index >= 15 is 0 Å². The van der Waals surface area contributed by atoms with Crippen molar-refractivity contribution in [2.75, 3.05) is 6.61 Å². The number of carbonyl (C=O) groups excluding carboxylic acids is 2. The zero-order valence-electron chi connectivity index (χ0n) is 15.8. The predicted molar refractivity (Wildman–Crippen MR) is 98.3 cm³/mol. The second kappa shape index (κ2) is 7.90. The lowest BCUT2D eigenvalue weighted by Gasteiger charge is -2.17. The normalized spacial score (nSPS) is 14.1. The van der Waals surface area contributed by atoms with Crippen molar-refractivity contribution in [3.63, 3.8) is 0 Å². The molecule has 6 nitrogen and oxygen atoms in total. The quantitative estimate of drug-likeness (QED) is 0.791. The molecule has 1 aromatic carbocycles. The Labute approximate surface area is 157 Å². The van der Waals surface area contributed by atoms with Crippen molar-refractivity contribution >= 4 is 11.9 Å². The molecular weight excluding hydrogens is 349 g/mol. The van der Waals surface area contributed by atoms with Crippen LogP contribution in [0.3, 0.4) is 0 Å². The molecule has 1 atom stereocenters. The Bertz CT molecular complexity index is 843. The summed E-state index contributed by atoms with van der Waals surface area (Å²) >= 11 is 0. The lowest BCUT2D eigenvalue weighted by Crippen LogP contribution is -2.38. The number of benzene rings is 1. The number of fused-ring (bicyclic) bond motifs is 1. The summed E-state index contributed by atoms with van der Waals surface area (Å²) in [5.41, 5.74) is 2.71. The number of ether oxygens (including phenoxy) is 1. The summed E-state index contributed by atoms with van der Waals surface area (Å²) in [7, 11) is 0. The third-order valence-electron chi connectivity index (χ3n) is 4.92. The molecule has 1 aliphatic carbocycles. The molecule has 1 aromatic heterocycles. The van der Waals surface area contributed by atoms with Crippen LogP contribution in [-0.4, -0.2) is 34.3 Å². The third kappa shape index (κ3) is 4.18. The molecular formula is C20H24FN3O3. The molecule has 1 heterocycles. The largest absolute Gasteiger partial charge is 0.451 e. The minimum Gasteiger partial charge on any atom is -0.451 e. The van der Waals surface area contributed by atoms with Crippen molar-refractivity contribution in [2.45, 2.75) is 46.1 Å². The van der Waals surface area contributed by atoms with Gasteiger partial charge in [-0.15, -0.1) is 0 Å². The molecule has 0 spiro atoms. The van der Waals surface area contributed by atoms with E-state index in [0.29, 0.717) is 11.6 Å². The van der Waals surface area contributed by atoms with Gasteiger partial charge in [0.2, 0.25) is 0 Å². The van der Waals surface area contributed by atoms with Gasteiger partial charge in [0, 0.05) is 17.3 Å². The zero-order valence-corrected chi connectivity index (χ0v) is 15.8. The summed E-state index contributed by atoms with van der Waals surface area (Å²) in [4.78, 5) is 24.4. The van der Waals surface area contributed by atoms with E-state index < -0.39 is 5.97 Å². The van der Waals surface area contributed by atoms with Gasteiger partial charge in [0.15, 0.2) is 12.3 Å². The molecule has 27 heavy (non-hydrogen) atoms. The molecule has 1 unspecified atom stereocenters. The fraction of sp³-hybridized carbons (Fsp3) is 0.450. The first-order valence-electron chi connectivity index (χ1n) is 9.20. The number of carbonyl (C=O) groups is 2. The third-order valence-corrected chi connectivity index (χ3v) is 4.92. The first-order chi connectivity index (χ1) is 12.9. The van der Waals surface area contributed by atoms with E-state index in [-0.39, 0.29) is 30.1 Å². The van der Waals surface area contributed by atoms with Crippen molar-refractivity contribution in [2.24, 2.45) is 5.92 Å². The molecule has 0 radical (unpaired) electrons. The average Bonchev–Trinajstić information content (AvgIpc) is 3.23. The van der Waals surface area contributed by atoms with Crippen molar-refractivity contribution in [3.8, 4) is 5.69 Å². The summed E-state index contributed by atoms with van der Waals surface area (Å²) in [6.07, 6.45) is 2.44. The standard InChI is InChI=1S/C20H24FN3O3/c1-12(2)13(3)22-18(25)11-27-20(26)19-16-5-4-6-17(16)24(23-19)15-9-7-14(21)8-10-15/h7-10,12-13H,4-6,11H2,1-3H3,(H,22,25). The zero-order chi connectivity index (χ0) is 19.6. The lowest BCUT2D eigenvalue weighted by molar-refractivity contribution is -0.125. The Morgan fingerprint density at radius 1 is 1.22 bits per heavy atom. The van der Waals surface area contributed by atoms with Crippen LogP contribution in [0.1, 0.15) is 48.9 Å². The minimum absolute atomic E-state index is 0.00173. The number of esters is 1. The molecule has 144 valence electrons. The predicted octanol–water partition coefficient (Wildman–Crippen LogP) is 2.82. The maximum absolute atomic E-state index is 13.2. The highest BCUT2D eigenvalue weighted by atomic mass is 19.1. The van der Waals surface area contributed by atoms with Gasteiger partial charge in [0.05, 0.1) is 5.69 Å². The van der Waals surface area contributed by atoms with E-state index in [1.54, 1.807) is 16.8 Å². The van der Waals surface area contributed by atoms with Gasteiger partial charge in [-0.1, -0.05) is 13.8 Å². The highest BCUT2D eigenvalue weighted by Gasteiger charge is 2.28. The average molecular weight is 373 g/mol. The second-order valence-corrected chi connectivity index (χ2v) is 7.19. The molecule has 0 bridgehead atoms. The van der Waals surface area contributed by atoms with E-state index in [1.807, 2.05) is 20.8 Å². The number of rotatable bonds is 6. The van der Waals surface area contributed by atoms with E-state index in [0.717, 1.165) is 30.5 Å². The van der Waals surface area contributed by atoms with Gasteiger partial charge < -0.3 is 10.1 Å². The molecule has 0 saturated heterocycles. The number of hydrogen-bond acceptors (Lipinski definition) is 4. The van der Waals surface area contributed by atoms with Gasteiger partial charge in [-0.2, -0.15) is 5.10 Å². The number of amides is 1. The first-order valence-corrected chi connectivity index (χ1v) is 9.20.